The summed E-state index contributed by atoms with van der Waals surface area (Å²) in [5, 5.41) is 2.63. The lowest BCUT2D eigenvalue weighted by molar-refractivity contribution is 0.0958. The molecular weight excluding hydrogens is 266 g/mol. The van der Waals surface area contributed by atoms with Crippen LogP contribution in [0, 0.1) is 0 Å². The van der Waals surface area contributed by atoms with Crippen molar-refractivity contribution in [1.82, 2.24) is 10.3 Å². The fraction of sp³-hybridized carbons (Fsp3) is 0.0769. The number of pyridine rings is 1. The molecule has 0 aliphatic heterocycles. The number of anilines is 1. The minimum atomic E-state index is -0.368. The standard InChI is InChI=1S/C13H12ClN3O2/c1-16-13(18)12-11(14)10(6-7-17-12)19-9-4-2-8(15)3-5-9/h2-7H,15H2,1H3,(H,16,18). The van der Waals surface area contributed by atoms with Crippen LogP contribution in [-0.4, -0.2) is 17.9 Å². The van der Waals surface area contributed by atoms with E-state index in [0.717, 1.165) is 0 Å². The van der Waals surface area contributed by atoms with E-state index in [9.17, 15) is 4.79 Å². The van der Waals surface area contributed by atoms with Crippen molar-refractivity contribution in [3.8, 4) is 11.5 Å². The number of ether oxygens (including phenoxy) is 1. The predicted octanol–water partition coefficient (Wildman–Crippen LogP) is 2.47. The van der Waals surface area contributed by atoms with Gasteiger partial charge in [-0.3, -0.25) is 4.79 Å². The Morgan fingerprint density at radius 3 is 2.63 bits per heavy atom. The van der Waals surface area contributed by atoms with Gasteiger partial charge in [0.15, 0.2) is 0 Å². The third-order valence-electron chi connectivity index (χ3n) is 2.40. The number of hydrogen-bond acceptors (Lipinski definition) is 4. The molecule has 0 unspecified atom stereocenters. The summed E-state index contributed by atoms with van der Waals surface area (Å²) in [7, 11) is 1.51. The number of halogens is 1. The lowest BCUT2D eigenvalue weighted by atomic mass is 10.3. The van der Waals surface area contributed by atoms with E-state index in [0.29, 0.717) is 17.2 Å². The molecule has 0 bridgehead atoms. The van der Waals surface area contributed by atoms with Crippen LogP contribution in [0.5, 0.6) is 11.5 Å². The van der Waals surface area contributed by atoms with Crippen LogP contribution in [0.25, 0.3) is 0 Å². The molecule has 98 valence electrons. The van der Waals surface area contributed by atoms with Crippen LogP contribution in [0.1, 0.15) is 10.5 Å². The number of amides is 1. The summed E-state index contributed by atoms with van der Waals surface area (Å²) in [6, 6.07) is 8.44. The molecule has 19 heavy (non-hydrogen) atoms. The minimum absolute atomic E-state index is 0.122. The molecular formula is C13H12ClN3O2. The fourth-order valence-corrected chi connectivity index (χ4v) is 1.68. The average Bonchev–Trinajstić information content (AvgIpc) is 2.43. The summed E-state index contributed by atoms with van der Waals surface area (Å²) in [6.07, 6.45) is 1.46. The first kappa shape index (κ1) is 13.2. The summed E-state index contributed by atoms with van der Waals surface area (Å²) in [4.78, 5) is 15.5. The second kappa shape index (κ2) is 5.58. The van der Waals surface area contributed by atoms with Crippen LogP contribution in [0.3, 0.4) is 0 Å². The summed E-state index contributed by atoms with van der Waals surface area (Å²) >= 11 is 6.09. The maximum atomic E-state index is 11.6. The normalized spacial score (nSPS) is 10.0. The maximum Gasteiger partial charge on any atom is 0.271 e. The van der Waals surface area contributed by atoms with Gasteiger partial charge in [0.2, 0.25) is 0 Å². The van der Waals surface area contributed by atoms with Crippen LogP contribution < -0.4 is 15.8 Å². The Bertz CT molecular complexity index is 599. The van der Waals surface area contributed by atoms with Gasteiger partial charge in [-0.15, -0.1) is 0 Å². The molecule has 0 atom stereocenters. The molecule has 0 aliphatic carbocycles. The Morgan fingerprint density at radius 1 is 1.32 bits per heavy atom. The van der Waals surface area contributed by atoms with E-state index in [4.69, 9.17) is 22.1 Å². The predicted molar refractivity (Wildman–Crippen MR) is 73.6 cm³/mol. The van der Waals surface area contributed by atoms with Crippen molar-refractivity contribution in [2.24, 2.45) is 0 Å². The molecule has 5 nitrogen and oxygen atoms in total. The summed E-state index contributed by atoms with van der Waals surface area (Å²) in [5.41, 5.74) is 6.35. The number of nitrogens with two attached hydrogens (primary N) is 1. The zero-order valence-electron chi connectivity index (χ0n) is 10.2. The van der Waals surface area contributed by atoms with Crippen LogP contribution in [0.15, 0.2) is 36.5 Å². The Hall–Kier alpha value is -2.27. The van der Waals surface area contributed by atoms with Crippen molar-refractivity contribution in [3.05, 3.63) is 47.2 Å². The fourth-order valence-electron chi connectivity index (χ4n) is 1.44. The van der Waals surface area contributed by atoms with Gasteiger partial charge in [-0.2, -0.15) is 0 Å². The van der Waals surface area contributed by atoms with E-state index in [1.54, 1.807) is 30.3 Å². The first-order valence-electron chi connectivity index (χ1n) is 5.52. The quantitative estimate of drug-likeness (QED) is 0.845. The summed E-state index contributed by atoms with van der Waals surface area (Å²) < 4.78 is 5.59. The molecule has 0 radical (unpaired) electrons. The van der Waals surface area contributed by atoms with Crippen molar-refractivity contribution >= 4 is 23.2 Å². The molecule has 6 heteroatoms. The molecule has 0 saturated heterocycles. The van der Waals surface area contributed by atoms with Crippen LogP contribution in [0.4, 0.5) is 5.69 Å². The van der Waals surface area contributed by atoms with Gasteiger partial charge in [-0.05, 0) is 24.3 Å². The third kappa shape index (κ3) is 2.95. The van der Waals surface area contributed by atoms with Crippen molar-refractivity contribution < 1.29 is 9.53 Å². The van der Waals surface area contributed by atoms with Crippen molar-refractivity contribution in [1.29, 1.82) is 0 Å². The molecule has 1 amide bonds. The molecule has 0 saturated carbocycles. The van der Waals surface area contributed by atoms with E-state index in [2.05, 4.69) is 10.3 Å². The third-order valence-corrected chi connectivity index (χ3v) is 2.77. The number of nitrogens with zero attached hydrogens (tertiary/aromatic N) is 1. The van der Waals surface area contributed by atoms with Crippen LogP contribution in [-0.2, 0) is 0 Å². The summed E-state index contributed by atoms with van der Waals surface area (Å²) in [6.45, 7) is 0. The number of carbonyl (C=O) groups excluding carboxylic acids is 1. The van der Waals surface area contributed by atoms with Gasteiger partial charge in [0, 0.05) is 25.0 Å². The van der Waals surface area contributed by atoms with Gasteiger partial charge in [-0.1, -0.05) is 11.6 Å². The van der Waals surface area contributed by atoms with Gasteiger partial charge >= 0.3 is 0 Å². The lowest BCUT2D eigenvalue weighted by Crippen LogP contribution is -2.19. The van der Waals surface area contributed by atoms with Crippen molar-refractivity contribution in [2.45, 2.75) is 0 Å². The second-order valence-electron chi connectivity index (χ2n) is 3.72. The number of nitrogen functional groups attached to an aromatic ring is 1. The monoisotopic (exact) mass is 277 g/mol. The molecule has 1 aromatic carbocycles. The minimum Gasteiger partial charge on any atom is -0.456 e. The highest BCUT2D eigenvalue weighted by Gasteiger charge is 2.15. The average molecular weight is 278 g/mol. The molecule has 1 heterocycles. The molecule has 2 aromatic rings. The zero-order valence-corrected chi connectivity index (χ0v) is 10.9. The second-order valence-corrected chi connectivity index (χ2v) is 4.10. The van der Waals surface area contributed by atoms with E-state index in [-0.39, 0.29) is 16.6 Å². The number of rotatable bonds is 3. The van der Waals surface area contributed by atoms with Crippen LogP contribution in [0.2, 0.25) is 5.02 Å². The maximum absolute atomic E-state index is 11.6. The van der Waals surface area contributed by atoms with Gasteiger partial charge in [0.05, 0.1) is 0 Å². The first-order valence-corrected chi connectivity index (χ1v) is 5.89. The highest BCUT2D eigenvalue weighted by atomic mass is 35.5. The first-order chi connectivity index (χ1) is 9.11. The molecule has 0 fully saturated rings. The Labute approximate surface area is 115 Å². The van der Waals surface area contributed by atoms with E-state index >= 15 is 0 Å². The SMILES string of the molecule is CNC(=O)c1nccc(Oc2ccc(N)cc2)c1Cl. The molecule has 0 spiro atoms. The van der Waals surface area contributed by atoms with Gasteiger partial charge in [0.1, 0.15) is 22.2 Å². The topological polar surface area (TPSA) is 77.2 Å². The van der Waals surface area contributed by atoms with E-state index in [1.807, 2.05) is 0 Å². The van der Waals surface area contributed by atoms with Gasteiger partial charge in [0.25, 0.3) is 5.91 Å². The molecule has 0 aliphatic rings. The number of carbonyl (C=O) groups is 1. The van der Waals surface area contributed by atoms with E-state index in [1.165, 1.54) is 13.2 Å². The largest absolute Gasteiger partial charge is 0.456 e. The number of aromatic nitrogens is 1. The number of nitrogens with one attached hydrogen (secondary N) is 1. The zero-order chi connectivity index (χ0) is 13.8. The van der Waals surface area contributed by atoms with E-state index < -0.39 is 0 Å². The Balaban J connectivity index is 2.30. The Kier molecular flexibility index (Phi) is 3.87. The van der Waals surface area contributed by atoms with Crippen LogP contribution >= 0.6 is 11.6 Å². The van der Waals surface area contributed by atoms with Crippen molar-refractivity contribution in [3.63, 3.8) is 0 Å². The number of hydrogen-bond donors (Lipinski definition) is 2. The number of benzene rings is 1. The highest BCUT2D eigenvalue weighted by Crippen LogP contribution is 2.31. The molecule has 2 rings (SSSR count). The molecule has 1 aromatic heterocycles. The van der Waals surface area contributed by atoms with Gasteiger partial charge < -0.3 is 15.8 Å². The van der Waals surface area contributed by atoms with Gasteiger partial charge in [-0.25, -0.2) is 4.98 Å². The lowest BCUT2D eigenvalue weighted by Gasteiger charge is -2.09. The molecule has 3 N–H and O–H groups in total. The highest BCUT2D eigenvalue weighted by molar-refractivity contribution is 6.34. The Morgan fingerprint density at radius 2 is 2.00 bits per heavy atom. The van der Waals surface area contributed by atoms with Crippen molar-refractivity contribution in [2.75, 3.05) is 12.8 Å². The summed E-state index contributed by atoms with van der Waals surface area (Å²) in [5.74, 6) is 0.568. The smallest absolute Gasteiger partial charge is 0.271 e.